The maximum absolute atomic E-state index is 13.4. The van der Waals surface area contributed by atoms with Crippen molar-refractivity contribution in [3.8, 4) is 0 Å². The highest BCUT2D eigenvalue weighted by Crippen LogP contribution is 2.20. The third kappa shape index (κ3) is 3.22. The molecule has 2 aromatic carbocycles. The number of hydrogen-bond acceptors (Lipinski definition) is 4. The second kappa shape index (κ2) is 5.72. The van der Waals surface area contributed by atoms with Crippen LogP contribution in [-0.4, -0.2) is 14.4 Å². The molecule has 22 heavy (non-hydrogen) atoms. The first-order valence-corrected chi connectivity index (χ1v) is 7.49. The van der Waals surface area contributed by atoms with Gasteiger partial charge in [-0.15, -0.1) is 0 Å². The van der Waals surface area contributed by atoms with Crippen molar-refractivity contribution in [3.05, 3.63) is 59.2 Å². The number of carboxylic acids is 1. The molecule has 2 rings (SSSR count). The molecule has 0 saturated heterocycles. The Morgan fingerprint density at radius 1 is 1.09 bits per heavy atom. The van der Waals surface area contributed by atoms with E-state index in [1.165, 1.54) is 19.1 Å². The Morgan fingerprint density at radius 2 is 1.77 bits per heavy atom. The van der Waals surface area contributed by atoms with Crippen molar-refractivity contribution < 1.29 is 27.1 Å². The predicted molar refractivity (Wildman–Crippen MR) is 72.7 cm³/mol. The van der Waals surface area contributed by atoms with Gasteiger partial charge in [0.2, 0.25) is 0 Å². The van der Waals surface area contributed by atoms with Crippen LogP contribution in [0.25, 0.3) is 0 Å². The largest absolute Gasteiger partial charge is 0.545 e. The molecule has 0 aliphatic carbocycles. The lowest BCUT2D eigenvalue weighted by Gasteiger charge is -2.11. The number of rotatable bonds is 4. The minimum atomic E-state index is -4.19. The van der Waals surface area contributed by atoms with Crippen molar-refractivity contribution in [2.45, 2.75) is 11.8 Å². The fourth-order valence-electron chi connectivity index (χ4n) is 1.70. The van der Waals surface area contributed by atoms with Crippen molar-refractivity contribution in [1.82, 2.24) is 0 Å². The molecule has 0 radical (unpaired) electrons. The third-order valence-corrected chi connectivity index (χ3v) is 4.27. The first-order valence-electron chi connectivity index (χ1n) is 6.00. The Morgan fingerprint density at radius 3 is 2.36 bits per heavy atom. The maximum Gasteiger partial charge on any atom is 0.261 e. The van der Waals surface area contributed by atoms with Gasteiger partial charge in [-0.05, 0) is 42.8 Å². The van der Waals surface area contributed by atoms with Crippen molar-refractivity contribution >= 4 is 21.7 Å². The number of aromatic carboxylic acids is 1. The lowest BCUT2D eigenvalue weighted by Crippen LogP contribution is -2.24. The van der Waals surface area contributed by atoms with E-state index in [2.05, 4.69) is 4.72 Å². The summed E-state index contributed by atoms with van der Waals surface area (Å²) in [6.45, 7) is 1.51. The van der Waals surface area contributed by atoms with E-state index in [9.17, 15) is 27.1 Å². The Balaban J connectivity index is 2.40. The van der Waals surface area contributed by atoms with Gasteiger partial charge in [0, 0.05) is 5.56 Å². The van der Waals surface area contributed by atoms with Gasteiger partial charge in [-0.3, -0.25) is 4.72 Å². The van der Waals surface area contributed by atoms with Crippen LogP contribution >= 0.6 is 0 Å². The summed E-state index contributed by atoms with van der Waals surface area (Å²) in [6, 6.07) is 5.95. The van der Waals surface area contributed by atoms with Crippen LogP contribution in [0.5, 0.6) is 0 Å². The molecule has 0 unspecified atom stereocenters. The van der Waals surface area contributed by atoms with Gasteiger partial charge >= 0.3 is 0 Å². The van der Waals surface area contributed by atoms with Crippen LogP contribution in [0.15, 0.2) is 41.3 Å². The van der Waals surface area contributed by atoms with Crippen molar-refractivity contribution in [3.63, 3.8) is 0 Å². The fourth-order valence-corrected chi connectivity index (χ4v) is 2.77. The van der Waals surface area contributed by atoms with E-state index in [0.29, 0.717) is 17.7 Å². The van der Waals surface area contributed by atoms with Gasteiger partial charge in [-0.2, -0.15) is 0 Å². The second-order valence-corrected chi connectivity index (χ2v) is 6.18. The Hall–Kier alpha value is -2.48. The molecule has 2 aromatic rings. The number of hydrogen-bond donors (Lipinski definition) is 1. The lowest BCUT2D eigenvalue weighted by atomic mass is 10.2. The Bertz CT molecular complexity index is 850. The highest BCUT2D eigenvalue weighted by molar-refractivity contribution is 7.92. The average molecular weight is 326 g/mol. The number of carbonyl (C=O) groups excluding carboxylic acids is 1. The second-order valence-electron chi connectivity index (χ2n) is 4.50. The normalized spacial score (nSPS) is 11.2. The molecule has 0 aliphatic rings. The number of nitrogens with one attached hydrogen (secondary N) is 1. The number of anilines is 1. The number of benzene rings is 2. The standard InChI is InChI=1S/C14H11F2NO4S/c1-8-2-3-9(6-13(8)16)17-22(20,21)10-4-5-12(15)11(7-10)14(18)19/h2-7,17H,1H3,(H,18,19)/p-1. The van der Waals surface area contributed by atoms with E-state index >= 15 is 0 Å². The molecule has 0 atom stereocenters. The number of halogens is 2. The van der Waals surface area contributed by atoms with Gasteiger partial charge in [-0.1, -0.05) is 6.07 Å². The smallest absolute Gasteiger partial charge is 0.261 e. The molecule has 0 spiro atoms. The van der Waals surface area contributed by atoms with Gasteiger partial charge < -0.3 is 9.90 Å². The highest BCUT2D eigenvalue weighted by Gasteiger charge is 2.17. The van der Waals surface area contributed by atoms with E-state index in [0.717, 1.165) is 12.1 Å². The van der Waals surface area contributed by atoms with E-state index in [1.807, 2.05) is 0 Å². The monoisotopic (exact) mass is 326 g/mol. The first-order chi connectivity index (χ1) is 10.2. The quantitative estimate of drug-likeness (QED) is 0.921. The van der Waals surface area contributed by atoms with Gasteiger partial charge in [0.15, 0.2) is 0 Å². The van der Waals surface area contributed by atoms with E-state index in [4.69, 9.17) is 0 Å². The number of aryl methyl sites for hydroxylation is 1. The minimum absolute atomic E-state index is 0.0394. The zero-order valence-corrected chi connectivity index (χ0v) is 12.1. The van der Waals surface area contributed by atoms with Crippen LogP contribution in [-0.2, 0) is 10.0 Å². The molecule has 0 saturated carbocycles. The van der Waals surface area contributed by atoms with Crippen LogP contribution in [0.1, 0.15) is 15.9 Å². The fraction of sp³-hybridized carbons (Fsp3) is 0.0714. The molecule has 0 amide bonds. The van der Waals surface area contributed by atoms with Gasteiger partial charge in [0.25, 0.3) is 10.0 Å². The maximum atomic E-state index is 13.4. The third-order valence-electron chi connectivity index (χ3n) is 2.89. The molecule has 8 heteroatoms. The summed E-state index contributed by atoms with van der Waals surface area (Å²) in [6.07, 6.45) is 0. The molecule has 1 N–H and O–H groups in total. The molecule has 0 fully saturated rings. The van der Waals surface area contributed by atoms with Crippen LogP contribution < -0.4 is 9.83 Å². The molecule has 0 aromatic heterocycles. The van der Waals surface area contributed by atoms with Gasteiger partial charge in [-0.25, -0.2) is 17.2 Å². The summed E-state index contributed by atoms with van der Waals surface area (Å²) in [5.74, 6) is -3.55. The minimum Gasteiger partial charge on any atom is -0.545 e. The highest BCUT2D eigenvalue weighted by atomic mass is 32.2. The van der Waals surface area contributed by atoms with Crippen LogP contribution in [0.2, 0.25) is 0 Å². The summed E-state index contributed by atoms with van der Waals surface area (Å²) in [5, 5.41) is 10.7. The SMILES string of the molecule is Cc1ccc(NS(=O)(=O)c2ccc(F)c(C(=O)[O-])c2)cc1F. The lowest BCUT2D eigenvalue weighted by molar-refractivity contribution is -0.255. The molecular weight excluding hydrogens is 316 g/mol. The summed E-state index contributed by atoms with van der Waals surface area (Å²) in [7, 11) is -4.19. The Labute approximate surface area is 125 Å². The summed E-state index contributed by atoms with van der Waals surface area (Å²) in [4.78, 5) is 10.2. The molecule has 0 aliphatic heterocycles. The Kier molecular flexibility index (Phi) is 4.14. The number of carbonyl (C=O) groups is 1. The summed E-state index contributed by atoms with van der Waals surface area (Å²) in [5.41, 5.74) is -0.579. The van der Waals surface area contributed by atoms with Crippen LogP contribution in [0.4, 0.5) is 14.5 Å². The number of carboxylic acid groups (broad SMARTS) is 1. The van der Waals surface area contributed by atoms with Crippen molar-refractivity contribution in [2.75, 3.05) is 4.72 Å². The first kappa shape index (κ1) is 15.9. The van der Waals surface area contributed by atoms with Gasteiger partial charge in [0.05, 0.1) is 16.6 Å². The van der Waals surface area contributed by atoms with Crippen molar-refractivity contribution in [2.24, 2.45) is 0 Å². The number of sulfonamides is 1. The molecule has 5 nitrogen and oxygen atoms in total. The molecular formula is C14H10F2NO4S-. The predicted octanol–water partition coefficient (Wildman–Crippen LogP) is 1.44. The van der Waals surface area contributed by atoms with Crippen LogP contribution in [0.3, 0.4) is 0 Å². The van der Waals surface area contributed by atoms with E-state index in [-0.39, 0.29) is 5.69 Å². The van der Waals surface area contributed by atoms with E-state index in [1.54, 1.807) is 0 Å². The zero-order chi connectivity index (χ0) is 16.5. The van der Waals surface area contributed by atoms with Crippen LogP contribution in [0, 0.1) is 18.6 Å². The van der Waals surface area contributed by atoms with Gasteiger partial charge in [0.1, 0.15) is 11.6 Å². The molecule has 0 bridgehead atoms. The molecule has 0 heterocycles. The summed E-state index contributed by atoms with van der Waals surface area (Å²) < 4.78 is 53.0. The zero-order valence-electron chi connectivity index (χ0n) is 11.3. The summed E-state index contributed by atoms with van der Waals surface area (Å²) >= 11 is 0. The topological polar surface area (TPSA) is 86.3 Å². The average Bonchev–Trinajstić information content (AvgIpc) is 2.42. The van der Waals surface area contributed by atoms with Crippen molar-refractivity contribution in [1.29, 1.82) is 0 Å². The van der Waals surface area contributed by atoms with E-state index < -0.39 is 38.1 Å². The molecule has 116 valence electrons.